The van der Waals surface area contributed by atoms with Gasteiger partial charge in [-0.3, -0.25) is 0 Å². The molecule has 0 aliphatic rings. The van der Waals surface area contributed by atoms with E-state index in [1.54, 1.807) is 32.9 Å². The second kappa shape index (κ2) is 10.6. The molecule has 0 aliphatic heterocycles. The Hall–Kier alpha value is -2.17. The molecule has 0 aromatic heterocycles. The number of rotatable bonds is 8. The maximum atomic E-state index is 11.6. The molecule has 0 saturated heterocycles. The molecule has 2 N–H and O–H groups in total. The van der Waals surface area contributed by atoms with E-state index in [-0.39, 0.29) is 12.4 Å². The van der Waals surface area contributed by atoms with Gasteiger partial charge in [-0.05, 0) is 53.2 Å². The van der Waals surface area contributed by atoms with Crippen molar-refractivity contribution < 1.29 is 19.4 Å². The van der Waals surface area contributed by atoms with Crippen molar-refractivity contribution in [2.45, 2.75) is 53.6 Å². The molecule has 0 aromatic rings. The summed E-state index contributed by atoms with van der Waals surface area (Å²) in [7, 11) is 0. The van der Waals surface area contributed by atoms with E-state index in [0.29, 0.717) is 17.9 Å². The van der Waals surface area contributed by atoms with Crippen molar-refractivity contribution in [3.05, 3.63) is 47.5 Å². The molecule has 0 aromatic carbocycles. The van der Waals surface area contributed by atoms with Crippen LogP contribution < -0.4 is 5.32 Å². The van der Waals surface area contributed by atoms with Crippen LogP contribution in [0.25, 0.3) is 0 Å². The average Bonchev–Trinajstić information content (AvgIpc) is 2.46. The number of ether oxygens (including phenoxy) is 2. The predicted molar refractivity (Wildman–Crippen MR) is 97.8 cm³/mol. The van der Waals surface area contributed by atoms with Gasteiger partial charge in [-0.25, -0.2) is 4.79 Å². The van der Waals surface area contributed by atoms with E-state index in [4.69, 9.17) is 9.47 Å². The van der Waals surface area contributed by atoms with Gasteiger partial charge in [0.2, 0.25) is 0 Å². The van der Waals surface area contributed by atoms with E-state index in [2.05, 4.69) is 11.9 Å². The molecule has 0 heterocycles. The normalized spacial score (nSPS) is 13.9. The van der Waals surface area contributed by atoms with E-state index in [1.165, 1.54) is 0 Å². The lowest BCUT2D eigenvalue weighted by Crippen LogP contribution is -2.34. The summed E-state index contributed by atoms with van der Waals surface area (Å²) in [5.74, 6) is 0.775. The summed E-state index contributed by atoms with van der Waals surface area (Å²) >= 11 is 0. The maximum Gasteiger partial charge on any atom is 0.407 e. The van der Waals surface area contributed by atoms with Crippen molar-refractivity contribution in [2.24, 2.45) is 0 Å². The Bertz CT molecular complexity index is 522. The van der Waals surface area contributed by atoms with Crippen LogP contribution in [0.4, 0.5) is 4.79 Å². The molecule has 0 bridgehead atoms. The standard InChI is InChI=1S/C19H31NO4/c1-8-11-16(21)15(9-2)14(4)17(10-3)23-13-12-20-18(22)24-19(5,6)7/h9-11,21H,3,8,12-13H2,1-2,4-7H3,(H,20,22)/b15-9-,16-11+,17-14-. The summed E-state index contributed by atoms with van der Waals surface area (Å²) < 4.78 is 10.8. The van der Waals surface area contributed by atoms with Gasteiger partial charge in [0.25, 0.3) is 0 Å². The molecule has 0 atom stereocenters. The maximum absolute atomic E-state index is 11.6. The second-order valence-corrected chi connectivity index (χ2v) is 6.17. The van der Waals surface area contributed by atoms with Crippen molar-refractivity contribution in [1.82, 2.24) is 5.32 Å². The van der Waals surface area contributed by atoms with Crippen molar-refractivity contribution in [3.8, 4) is 0 Å². The molecule has 136 valence electrons. The Kier molecular flexibility index (Phi) is 9.62. The van der Waals surface area contributed by atoms with E-state index in [9.17, 15) is 9.90 Å². The van der Waals surface area contributed by atoms with E-state index in [1.807, 2.05) is 26.8 Å². The lowest BCUT2D eigenvalue weighted by atomic mass is 10.0. The summed E-state index contributed by atoms with van der Waals surface area (Å²) in [5, 5.41) is 12.7. The van der Waals surface area contributed by atoms with Gasteiger partial charge >= 0.3 is 6.09 Å². The number of aliphatic hydroxyl groups is 1. The van der Waals surface area contributed by atoms with Crippen LogP contribution in [0, 0.1) is 0 Å². The number of amides is 1. The number of nitrogens with one attached hydrogen (secondary N) is 1. The van der Waals surface area contributed by atoms with Gasteiger partial charge in [0.1, 0.15) is 23.7 Å². The van der Waals surface area contributed by atoms with Gasteiger partial charge in [-0.15, -0.1) is 0 Å². The fourth-order valence-electron chi connectivity index (χ4n) is 1.94. The van der Waals surface area contributed by atoms with Crippen LogP contribution in [0.2, 0.25) is 0 Å². The van der Waals surface area contributed by atoms with Crippen LogP contribution in [-0.4, -0.2) is 30.0 Å². The van der Waals surface area contributed by atoms with Crippen molar-refractivity contribution in [3.63, 3.8) is 0 Å². The smallest absolute Gasteiger partial charge is 0.407 e. The summed E-state index contributed by atoms with van der Waals surface area (Å²) in [4.78, 5) is 11.6. The zero-order valence-electron chi connectivity index (χ0n) is 15.7. The van der Waals surface area contributed by atoms with Gasteiger partial charge < -0.3 is 19.9 Å². The van der Waals surface area contributed by atoms with Gasteiger partial charge in [0.05, 0.1) is 6.54 Å². The molecule has 5 heteroatoms. The molecule has 0 spiro atoms. The summed E-state index contributed by atoms with van der Waals surface area (Å²) in [6.45, 7) is 15.4. The quantitative estimate of drug-likeness (QED) is 0.380. The molecule has 0 aliphatic carbocycles. The average molecular weight is 337 g/mol. The molecule has 24 heavy (non-hydrogen) atoms. The molecule has 1 amide bonds. The van der Waals surface area contributed by atoms with Gasteiger partial charge in [-0.2, -0.15) is 0 Å². The van der Waals surface area contributed by atoms with Crippen molar-refractivity contribution in [1.29, 1.82) is 0 Å². The van der Waals surface area contributed by atoms with Crippen LogP contribution >= 0.6 is 0 Å². The highest BCUT2D eigenvalue weighted by atomic mass is 16.6. The second-order valence-electron chi connectivity index (χ2n) is 6.17. The highest BCUT2D eigenvalue weighted by Gasteiger charge is 2.15. The molecule has 0 radical (unpaired) electrons. The van der Waals surface area contributed by atoms with E-state index < -0.39 is 11.7 Å². The third-order valence-corrected chi connectivity index (χ3v) is 2.95. The first kappa shape index (κ1) is 21.8. The molecule has 0 saturated carbocycles. The fourth-order valence-corrected chi connectivity index (χ4v) is 1.94. The zero-order valence-corrected chi connectivity index (χ0v) is 15.7. The first-order valence-corrected chi connectivity index (χ1v) is 8.15. The third kappa shape index (κ3) is 8.46. The Morgan fingerprint density at radius 3 is 2.42 bits per heavy atom. The Labute approximate surface area is 145 Å². The third-order valence-electron chi connectivity index (χ3n) is 2.95. The number of hydrogen-bond donors (Lipinski definition) is 2. The van der Waals surface area contributed by atoms with Crippen LogP contribution in [0.15, 0.2) is 47.5 Å². The summed E-state index contributed by atoms with van der Waals surface area (Å²) in [5.41, 5.74) is 0.955. The lowest BCUT2D eigenvalue weighted by Gasteiger charge is -2.20. The van der Waals surface area contributed by atoms with Gasteiger partial charge in [-0.1, -0.05) is 19.6 Å². The highest BCUT2D eigenvalue weighted by Crippen LogP contribution is 2.22. The summed E-state index contributed by atoms with van der Waals surface area (Å²) in [6, 6.07) is 0. The number of carbonyl (C=O) groups is 1. The van der Waals surface area contributed by atoms with Crippen molar-refractivity contribution in [2.75, 3.05) is 13.2 Å². The highest BCUT2D eigenvalue weighted by molar-refractivity contribution is 5.67. The molecule has 0 rings (SSSR count). The van der Waals surface area contributed by atoms with Crippen LogP contribution in [-0.2, 0) is 9.47 Å². The molecule has 0 fully saturated rings. The SMILES string of the molecule is C=C/C(OCCNC(=O)OC(C)(C)C)=C(C)/C(=C/C)C(/O)=C\CC. The number of hydrogen-bond acceptors (Lipinski definition) is 4. The zero-order chi connectivity index (χ0) is 18.8. The minimum absolute atomic E-state index is 0.215. The predicted octanol–water partition coefficient (Wildman–Crippen LogP) is 4.79. The first-order valence-electron chi connectivity index (χ1n) is 8.15. The minimum atomic E-state index is -0.530. The first-order chi connectivity index (χ1) is 11.2. The topological polar surface area (TPSA) is 67.8 Å². The van der Waals surface area contributed by atoms with Gasteiger partial charge in [0, 0.05) is 11.1 Å². The van der Waals surface area contributed by atoms with E-state index >= 15 is 0 Å². The number of aliphatic hydroxyl groups excluding tert-OH is 1. The van der Waals surface area contributed by atoms with Crippen LogP contribution in [0.3, 0.4) is 0 Å². The molecular formula is C19H31NO4. The van der Waals surface area contributed by atoms with Gasteiger partial charge in [0.15, 0.2) is 0 Å². The fraction of sp³-hybridized carbons (Fsp3) is 0.526. The number of alkyl carbamates (subject to hydrolysis) is 1. The molecular weight excluding hydrogens is 306 g/mol. The molecule has 5 nitrogen and oxygen atoms in total. The number of allylic oxidation sites excluding steroid dienone is 4. The number of carbonyl (C=O) groups excluding carboxylic acids is 1. The summed E-state index contributed by atoms with van der Waals surface area (Å²) in [6.07, 6.45) is 5.41. The lowest BCUT2D eigenvalue weighted by molar-refractivity contribution is 0.0514. The van der Waals surface area contributed by atoms with Crippen molar-refractivity contribution >= 4 is 6.09 Å². The Morgan fingerprint density at radius 1 is 1.33 bits per heavy atom. The van der Waals surface area contributed by atoms with E-state index in [0.717, 1.165) is 12.0 Å². The Morgan fingerprint density at radius 2 is 1.96 bits per heavy atom. The van der Waals surface area contributed by atoms with Crippen LogP contribution in [0.5, 0.6) is 0 Å². The molecule has 0 unspecified atom stereocenters. The Balaban J connectivity index is 4.73. The monoisotopic (exact) mass is 337 g/mol. The largest absolute Gasteiger partial charge is 0.508 e. The van der Waals surface area contributed by atoms with Crippen LogP contribution in [0.1, 0.15) is 48.0 Å². The minimum Gasteiger partial charge on any atom is -0.508 e.